The second-order valence-electron chi connectivity index (χ2n) is 5.51. The second kappa shape index (κ2) is 8.10. The maximum Gasteiger partial charge on any atom is 0.401 e. The topological polar surface area (TPSA) is 15.3 Å². The molecule has 1 aliphatic rings. The number of nitrogens with one attached hydrogen (secondary N) is 1. The Hall–Kier alpha value is -0.290. The summed E-state index contributed by atoms with van der Waals surface area (Å²) in [6.07, 6.45) is 1.61. The van der Waals surface area contributed by atoms with Crippen LogP contribution in [0.2, 0.25) is 0 Å². The van der Waals surface area contributed by atoms with Gasteiger partial charge < -0.3 is 5.32 Å². The lowest BCUT2D eigenvalue weighted by molar-refractivity contribution is -0.147. The van der Waals surface area contributed by atoms with Crippen molar-refractivity contribution in [1.82, 2.24) is 10.2 Å². The fourth-order valence-corrected chi connectivity index (χ4v) is 3.02. The molecule has 1 rings (SSSR count). The van der Waals surface area contributed by atoms with Gasteiger partial charge >= 0.3 is 6.18 Å². The van der Waals surface area contributed by atoms with E-state index < -0.39 is 12.7 Å². The Balaban J connectivity index is 2.57. The molecule has 0 aromatic heterocycles. The van der Waals surface area contributed by atoms with E-state index in [-0.39, 0.29) is 0 Å². The second-order valence-corrected chi connectivity index (χ2v) is 5.51. The van der Waals surface area contributed by atoms with Crippen molar-refractivity contribution >= 4 is 0 Å². The average Bonchev–Trinajstić information content (AvgIpc) is 2.53. The summed E-state index contributed by atoms with van der Waals surface area (Å²) in [5, 5.41) is 3.46. The molecule has 0 saturated heterocycles. The molecule has 2 unspecified atom stereocenters. The molecular formula is C14H27F3N2. The molecule has 0 aliphatic heterocycles. The summed E-state index contributed by atoms with van der Waals surface area (Å²) in [7, 11) is 0. The van der Waals surface area contributed by atoms with Gasteiger partial charge in [0.25, 0.3) is 0 Å². The van der Waals surface area contributed by atoms with E-state index in [9.17, 15) is 13.2 Å². The maximum absolute atomic E-state index is 12.5. The van der Waals surface area contributed by atoms with Gasteiger partial charge in [-0.15, -0.1) is 0 Å². The first kappa shape index (κ1) is 16.8. The minimum absolute atomic E-state index is 0.352. The van der Waals surface area contributed by atoms with Crippen LogP contribution in [0.4, 0.5) is 13.2 Å². The molecule has 1 saturated carbocycles. The van der Waals surface area contributed by atoms with Gasteiger partial charge in [0.15, 0.2) is 0 Å². The Morgan fingerprint density at radius 3 is 2.37 bits per heavy atom. The lowest BCUT2D eigenvalue weighted by atomic mass is 9.94. The third-order valence-electron chi connectivity index (χ3n) is 3.97. The monoisotopic (exact) mass is 280 g/mol. The van der Waals surface area contributed by atoms with E-state index in [1.807, 2.05) is 6.92 Å². The molecule has 0 amide bonds. The minimum atomic E-state index is -4.09. The van der Waals surface area contributed by atoms with Crippen LogP contribution in [0.5, 0.6) is 0 Å². The van der Waals surface area contributed by atoms with Gasteiger partial charge in [-0.2, -0.15) is 13.2 Å². The smallest absolute Gasteiger partial charge is 0.314 e. The van der Waals surface area contributed by atoms with Crippen molar-refractivity contribution < 1.29 is 13.2 Å². The maximum atomic E-state index is 12.5. The zero-order valence-corrected chi connectivity index (χ0v) is 12.1. The third kappa shape index (κ3) is 6.61. The van der Waals surface area contributed by atoms with Crippen LogP contribution in [0.3, 0.4) is 0 Å². The summed E-state index contributed by atoms with van der Waals surface area (Å²) >= 11 is 0. The van der Waals surface area contributed by atoms with Crippen molar-refractivity contribution in [3.8, 4) is 0 Å². The first-order valence-electron chi connectivity index (χ1n) is 7.48. The van der Waals surface area contributed by atoms with Crippen molar-refractivity contribution in [2.24, 2.45) is 5.92 Å². The first-order chi connectivity index (χ1) is 8.96. The van der Waals surface area contributed by atoms with E-state index in [1.54, 1.807) is 4.90 Å². The standard InChI is InChI=1S/C14H27F3N2/c1-3-18-13-9-7-5-6-8-12(13)10-19(4-2)11-14(15,16)17/h12-13,18H,3-11H2,1-2H3. The lowest BCUT2D eigenvalue weighted by Gasteiger charge is -2.31. The molecule has 2 nitrogen and oxygen atoms in total. The molecule has 1 N–H and O–H groups in total. The zero-order valence-electron chi connectivity index (χ0n) is 12.1. The Bertz CT molecular complexity index is 243. The Labute approximate surface area is 114 Å². The van der Waals surface area contributed by atoms with Crippen LogP contribution in [-0.2, 0) is 0 Å². The number of halogens is 3. The van der Waals surface area contributed by atoms with Gasteiger partial charge in [-0.3, -0.25) is 4.90 Å². The highest BCUT2D eigenvalue weighted by Gasteiger charge is 2.32. The van der Waals surface area contributed by atoms with Gasteiger partial charge in [0.05, 0.1) is 6.54 Å². The molecule has 0 heterocycles. The van der Waals surface area contributed by atoms with E-state index in [1.165, 1.54) is 12.8 Å². The molecule has 19 heavy (non-hydrogen) atoms. The highest BCUT2D eigenvalue weighted by molar-refractivity contribution is 4.82. The van der Waals surface area contributed by atoms with E-state index in [0.717, 1.165) is 25.8 Å². The van der Waals surface area contributed by atoms with Crippen LogP contribution in [-0.4, -0.2) is 43.3 Å². The quantitative estimate of drug-likeness (QED) is 0.750. The number of hydrogen-bond acceptors (Lipinski definition) is 2. The van der Waals surface area contributed by atoms with Gasteiger partial charge in [-0.25, -0.2) is 0 Å². The molecule has 0 bridgehead atoms. The van der Waals surface area contributed by atoms with Crippen LogP contribution >= 0.6 is 0 Å². The van der Waals surface area contributed by atoms with E-state index in [0.29, 0.717) is 25.0 Å². The Kier molecular flexibility index (Phi) is 7.15. The molecule has 0 aromatic rings. The van der Waals surface area contributed by atoms with Crippen LogP contribution in [0.1, 0.15) is 46.0 Å². The summed E-state index contributed by atoms with van der Waals surface area (Å²) in [4.78, 5) is 1.54. The van der Waals surface area contributed by atoms with E-state index >= 15 is 0 Å². The summed E-state index contributed by atoms with van der Waals surface area (Å²) in [6, 6.07) is 0.384. The molecule has 2 atom stereocenters. The summed E-state index contributed by atoms with van der Waals surface area (Å²) in [6.45, 7) is 5.02. The van der Waals surface area contributed by atoms with Crippen molar-refractivity contribution in [1.29, 1.82) is 0 Å². The fourth-order valence-electron chi connectivity index (χ4n) is 3.02. The summed E-state index contributed by atoms with van der Waals surface area (Å²) < 4.78 is 37.5. The predicted molar refractivity (Wildman–Crippen MR) is 72.2 cm³/mol. The summed E-state index contributed by atoms with van der Waals surface area (Å²) in [5.74, 6) is 0.352. The van der Waals surface area contributed by atoms with E-state index in [2.05, 4.69) is 12.2 Å². The zero-order chi connectivity index (χ0) is 14.3. The Morgan fingerprint density at radius 1 is 1.11 bits per heavy atom. The summed E-state index contributed by atoms with van der Waals surface area (Å²) in [5.41, 5.74) is 0. The predicted octanol–water partition coefficient (Wildman–Crippen LogP) is 3.43. The molecule has 0 spiro atoms. The molecule has 1 aliphatic carbocycles. The van der Waals surface area contributed by atoms with Gasteiger partial charge in [0.1, 0.15) is 0 Å². The molecule has 1 fully saturated rings. The average molecular weight is 280 g/mol. The lowest BCUT2D eigenvalue weighted by Crippen LogP contribution is -2.44. The fraction of sp³-hybridized carbons (Fsp3) is 1.00. The first-order valence-corrected chi connectivity index (χ1v) is 7.48. The SMILES string of the molecule is CCNC1CCCCCC1CN(CC)CC(F)(F)F. The van der Waals surface area contributed by atoms with Crippen LogP contribution in [0.25, 0.3) is 0 Å². The van der Waals surface area contributed by atoms with E-state index in [4.69, 9.17) is 0 Å². The van der Waals surface area contributed by atoms with Crippen molar-refractivity contribution in [3.63, 3.8) is 0 Å². The molecule has 114 valence electrons. The molecular weight excluding hydrogens is 253 g/mol. The molecule has 5 heteroatoms. The molecule has 0 aromatic carbocycles. The van der Waals surface area contributed by atoms with Gasteiger partial charge in [0.2, 0.25) is 0 Å². The van der Waals surface area contributed by atoms with Crippen molar-refractivity contribution in [2.75, 3.05) is 26.2 Å². The van der Waals surface area contributed by atoms with Crippen LogP contribution in [0.15, 0.2) is 0 Å². The van der Waals surface area contributed by atoms with Gasteiger partial charge in [-0.1, -0.05) is 33.1 Å². The largest absolute Gasteiger partial charge is 0.401 e. The highest BCUT2D eigenvalue weighted by atomic mass is 19.4. The van der Waals surface area contributed by atoms with Crippen LogP contribution in [0, 0.1) is 5.92 Å². The number of hydrogen-bond donors (Lipinski definition) is 1. The minimum Gasteiger partial charge on any atom is -0.314 e. The number of alkyl halides is 3. The van der Waals surface area contributed by atoms with Crippen molar-refractivity contribution in [3.05, 3.63) is 0 Å². The third-order valence-corrected chi connectivity index (χ3v) is 3.97. The number of rotatable bonds is 6. The Morgan fingerprint density at radius 2 is 1.79 bits per heavy atom. The molecule has 0 radical (unpaired) electrons. The normalized spacial score (nSPS) is 25.6. The van der Waals surface area contributed by atoms with Crippen LogP contribution < -0.4 is 5.32 Å². The van der Waals surface area contributed by atoms with Gasteiger partial charge in [0, 0.05) is 12.6 Å². The number of nitrogens with zero attached hydrogens (tertiary/aromatic N) is 1. The van der Waals surface area contributed by atoms with Gasteiger partial charge in [-0.05, 0) is 31.8 Å². The van der Waals surface area contributed by atoms with Crippen molar-refractivity contribution in [2.45, 2.75) is 58.2 Å². The highest BCUT2D eigenvalue weighted by Crippen LogP contribution is 2.25.